The number of benzene rings is 1. The zero-order chi connectivity index (χ0) is 37.4. The molecule has 50 heavy (non-hydrogen) atoms. The lowest BCUT2D eigenvalue weighted by Gasteiger charge is -2.28. The number of carbonyl (C=O) groups is 5. The van der Waals surface area contributed by atoms with Crippen molar-refractivity contribution >= 4 is 29.5 Å². The Morgan fingerprint density at radius 2 is 1.46 bits per heavy atom. The molecule has 5 amide bonds. The molecule has 1 heterocycles. The number of amides is 5. The molecule has 14 heteroatoms. The molecule has 6 N–H and O–H groups in total. The molecule has 0 aliphatic rings. The van der Waals surface area contributed by atoms with Crippen LogP contribution >= 0.6 is 0 Å². The van der Waals surface area contributed by atoms with Gasteiger partial charge in [-0.3, -0.25) is 24.0 Å². The Morgan fingerprint density at radius 3 is 2.04 bits per heavy atom. The second-order valence-corrected chi connectivity index (χ2v) is 12.9. The summed E-state index contributed by atoms with van der Waals surface area (Å²) in [5.41, 5.74) is 0.559. The van der Waals surface area contributed by atoms with Crippen molar-refractivity contribution in [1.29, 1.82) is 0 Å². The van der Waals surface area contributed by atoms with Crippen LogP contribution < -0.4 is 36.6 Å². The first kappa shape index (κ1) is 41.6. The second-order valence-electron chi connectivity index (χ2n) is 12.9. The Labute approximate surface area is 294 Å². The number of pyridine rings is 1. The molecule has 0 spiro atoms. The van der Waals surface area contributed by atoms with Crippen molar-refractivity contribution in [3.05, 3.63) is 70.9 Å². The van der Waals surface area contributed by atoms with Crippen molar-refractivity contribution in [3.63, 3.8) is 0 Å². The lowest BCUT2D eigenvalue weighted by atomic mass is 9.97. The van der Waals surface area contributed by atoms with Gasteiger partial charge in [0.05, 0.1) is 11.6 Å². The van der Waals surface area contributed by atoms with Crippen molar-refractivity contribution in [2.45, 2.75) is 104 Å². The summed E-state index contributed by atoms with van der Waals surface area (Å²) in [6.07, 6.45) is 3.85. The number of nitrogens with zero attached hydrogens (tertiary/aromatic N) is 1. The first-order valence-corrected chi connectivity index (χ1v) is 17.4. The number of hydrogen-bond donors (Lipinski definition) is 6. The van der Waals surface area contributed by atoms with E-state index in [0.29, 0.717) is 29.7 Å². The van der Waals surface area contributed by atoms with Crippen molar-refractivity contribution in [2.75, 3.05) is 13.1 Å². The maximum absolute atomic E-state index is 14.7. The zero-order valence-corrected chi connectivity index (χ0v) is 30.2. The summed E-state index contributed by atoms with van der Waals surface area (Å²) in [7, 11) is 0. The van der Waals surface area contributed by atoms with Crippen LogP contribution in [-0.4, -0.2) is 72.8 Å². The Morgan fingerprint density at radius 1 is 0.800 bits per heavy atom. The lowest BCUT2D eigenvalue weighted by molar-refractivity contribution is -0.605. The molecule has 6 atom stereocenters. The van der Waals surface area contributed by atoms with Gasteiger partial charge in [0.15, 0.2) is 12.4 Å². The van der Waals surface area contributed by atoms with Gasteiger partial charge in [0.25, 0.3) is 5.91 Å². The van der Waals surface area contributed by atoms with Crippen LogP contribution in [0.4, 0.5) is 4.39 Å². The van der Waals surface area contributed by atoms with Gasteiger partial charge in [-0.1, -0.05) is 65.7 Å². The smallest absolute Gasteiger partial charge is 0.252 e. The van der Waals surface area contributed by atoms with Crippen LogP contribution in [0.1, 0.15) is 83.7 Å². The summed E-state index contributed by atoms with van der Waals surface area (Å²) in [5.74, 6) is -3.19. The zero-order valence-electron chi connectivity index (χ0n) is 30.2. The molecule has 2 aromatic rings. The van der Waals surface area contributed by atoms with E-state index in [1.54, 1.807) is 32.0 Å². The van der Waals surface area contributed by atoms with Crippen molar-refractivity contribution in [1.82, 2.24) is 31.9 Å². The average molecular weight is 700 g/mol. The van der Waals surface area contributed by atoms with Gasteiger partial charge in [0.1, 0.15) is 23.9 Å². The van der Waals surface area contributed by atoms with Crippen LogP contribution in [0, 0.1) is 22.9 Å². The van der Waals surface area contributed by atoms with Crippen molar-refractivity contribution in [3.8, 4) is 0 Å². The molecule has 0 aliphatic carbocycles. The minimum absolute atomic E-state index is 0.0704. The molecular formula is C36H54FN7O6. The van der Waals surface area contributed by atoms with Crippen LogP contribution in [0.3, 0.4) is 0 Å². The SMILES string of the molecule is CCC[C@H](NC(=O)[C@@H](NC(=O)c1cc[n+]([O-])cc1)[C@@H](C)CC)C(=O)N[C@H](CN[C@@H](C)C(=O)N[C@H](C(=O)NCC)C(C)C)Cc1ccccc1F. The van der Waals surface area contributed by atoms with Gasteiger partial charge in [-0.05, 0) is 50.2 Å². The van der Waals surface area contributed by atoms with Crippen LogP contribution in [-0.2, 0) is 25.6 Å². The van der Waals surface area contributed by atoms with Crippen molar-refractivity contribution in [2.24, 2.45) is 11.8 Å². The molecule has 13 nitrogen and oxygen atoms in total. The molecule has 0 radical (unpaired) electrons. The largest absolute Gasteiger partial charge is 0.619 e. The Hall–Kier alpha value is -4.59. The van der Waals surface area contributed by atoms with Gasteiger partial charge in [0.2, 0.25) is 23.6 Å². The van der Waals surface area contributed by atoms with Gasteiger partial charge in [0, 0.05) is 31.3 Å². The first-order chi connectivity index (χ1) is 23.7. The Balaban J connectivity index is 2.22. The normalized spacial score (nSPS) is 14.7. The highest BCUT2D eigenvalue weighted by Crippen LogP contribution is 2.13. The first-order valence-electron chi connectivity index (χ1n) is 17.4. The third kappa shape index (κ3) is 13.0. The van der Waals surface area contributed by atoms with Crippen LogP contribution in [0.5, 0.6) is 0 Å². The Kier molecular flexibility index (Phi) is 17.3. The van der Waals surface area contributed by atoms with E-state index in [1.165, 1.54) is 30.6 Å². The van der Waals surface area contributed by atoms with E-state index in [1.807, 2.05) is 34.6 Å². The van der Waals surface area contributed by atoms with Gasteiger partial charge < -0.3 is 37.1 Å². The minimum atomic E-state index is -0.972. The predicted octanol–water partition coefficient (Wildman–Crippen LogP) is 1.87. The quantitative estimate of drug-likeness (QED) is 0.0900. The van der Waals surface area contributed by atoms with E-state index in [2.05, 4.69) is 31.9 Å². The standard InChI is InChI=1S/C36H54FN7O6/c1-8-13-29(41-36(49)31(23(6)9-2)43-33(46)25-16-18-44(50)19-17-25)34(47)40-27(20-26-14-11-12-15-28(26)37)21-39-24(7)32(45)42-30(22(4)5)35(48)38-10-3/h11-12,14-19,22-24,27,29-31,39H,8-10,13,20-21H2,1-7H3,(H,38,48)(H,40,47)(H,41,49)(H,42,45)(H,43,46)/t23-,24-,27-,29-,30-,31-/m0/s1. The minimum Gasteiger partial charge on any atom is -0.619 e. The number of halogens is 1. The molecule has 1 aromatic heterocycles. The topological polar surface area (TPSA) is 184 Å². The highest BCUT2D eigenvalue weighted by Gasteiger charge is 2.31. The molecule has 0 saturated carbocycles. The van der Waals surface area contributed by atoms with E-state index in [-0.39, 0.29) is 42.7 Å². The van der Waals surface area contributed by atoms with Gasteiger partial charge in [-0.25, -0.2) is 4.39 Å². The molecule has 0 bridgehead atoms. The fourth-order valence-corrected chi connectivity index (χ4v) is 5.22. The fourth-order valence-electron chi connectivity index (χ4n) is 5.22. The second kappa shape index (κ2) is 20.8. The average Bonchev–Trinajstić information content (AvgIpc) is 3.08. The summed E-state index contributed by atoms with van der Waals surface area (Å²) >= 11 is 0. The van der Waals surface area contributed by atoms with Gasteiger partial charge in [-0.15, -0.1) is 0 Å². The molecule has 0 unspecified atom stereocenters. The molecule has 276 valence electrons. The highest BCUT2D eigenvalue weighted by molar-refractivity contribution is 5.98. The van der Waals surface area contributed by atoms with Gasteiger partial charge in [-0.2, -0.15) is 4.73 Å². The number of aromatic nitrogens is 1. The number of likely N-dealkylation sites (N-methyl/N-ethyl adjacent to an activating group) is 1. The summed E-state index contributed by atoms with van der Waals surface area (Å²) < 4.78 is 15.3. The van der Waals surface area contributed by atoms with E-state index >= 15 is 0 Å². The molecule has 0 aliphatic heterocycles. The third-order valence-electron chi connectivity index (χ3n) is 8.49. The number of hydrogen-bond acceptors (Lipinski definition) is 7. The number of nitrogens with one attached hydrogen (secondary N) is 6. The third-order valence-corrected chi connectivity index (χ3v) is 8.49. The molecule has 2 rings (SSSR count). The van der Waals surface area contributed by atoms with Crippen molar-refractivity contribution < 1.29 is 33.1 Å². The monoisotopic (exact) mass is 699 g/mol. The lowest BCUT2D eigenvalue weighted by Crippen LogP contribution is -2.58. The predicted molar refractivity (Wildman–Crippen MR) is 188 cm³/mol. The molecular weight excluding hydrogens is 645 g/mol. The number of rotatable bonds is 20. The Bertz CT molecular complexity index is 1420. The summed E-state index contributed by atoms with van der Waals surface area (Å²) in [6.45, 7) is 13.1. The van der Waals surface area contributed by atoms with Crippen LogP contribution in [0.25, 0.3) is 0 Å². The summed E-state index contributed by atoms with van der Waals surface area (Å²) in [4.78, 5) is 65.8. The van der Waals surface area contributed by atoms with Crippen LogP contribution in [0.15, 0.2) is 48.8 Å². The number of carbonyl (C=O) groups excluding carboxylic acids is 5. The highest BCUT2D eigenvalue weighted by atomic mass is 19.1. The van der Waals surface area contributed by atoms with Gasteiger partial charge >= 0.3 is 0 Å². The molecule has 0 saturated heterocycles. The van der Waals surface area contributed by atoms with E-state index in [0.717, 1.165) is 0 Å². The summed E-state index contributed by atoms with van der Waals surface area (Å²) in [5, 5.41) is 28.5. The maximum Gasteiger partial charge on any atom is 0.252 e. The molecule has 0 fully saturated rings. The summed E-state index contributed by atoms with van der Waals surface area (Å²) in [6, 6.07) is 4.74. The van der Waals surface area contributed by atoms with E-state index < -0.39 is 59.7 Å². The maximum atomic E-state index is 14.7. The van der Waals surface area contributed by atoms with E-state index in [9.17, 15) is 33.6 Å². The van der Waals surface area contributed by atoms with E-state index in [4.69, 9.17) is 0 Å². The molecule has 1 aromatic carbocycles. The van der Waals surface area contributed by atoms with Crippen LogP contribution in [0.2, 0.25) is 0 Å². The fraction of sp³-hybridized carbons (Fsp3) is 0.556.